The number of esters is 1. The Hall–Kier alpha value is -2.77. The maximum atomic E-state index is 12.0. The molecule has 8 nitrogen and oxygen atoms in total. The number of carbonyl (C=O) groups excluding carboxylic acids is 2. The summed E-state index contributed by atoms with van der Waals surface area (Å²) in [5.74, 6) is 0.484. The van der Waals surface area contributed by atoms with E-state index in [0.717, 1.165) is 0 Å². The number of rotatable bonds is 8. The topological polar surface area (TPSA) is 98.4 Å². The lowest BCUT2D eigenvalue weighted by atomic mass is 10.2. The van der Waals surface area contributed by atoms with Crippen LogP contribution in [-0.4, -0.2) is 52.6 Å². The Kier molecular flexibility index (Phi) is 6.41. The van der Waals surface area contributed by atoms with Crippen molar-refractivity contribution in [1.82, 2.24) is 20.0 Å². The minimum absolute atomic E-state index is 0.0440. The number of pyridine rings is 1. The fourth-order valence-corrected chi connectivity index (χ4v) is 2.05. The van der Waals surface area contributed by atoms with Crippen LogP contribution in [0, 0.1) is 0 Å². The van der Waals surface area contributed by atoms with E-state index in [4.69, 9.17) is 4.52 Å². The number of amides is 1. The maximum absolute atomic E-state index is 12.0. The van der Waals surface area contributed by atoms with Crippen LogP contribution in [0.15, 0.2) is 28.9 Å². The number of hydrogen-bond donors (Lipinski definition) is 0. The second kappa shape index (κ2) is 8.76. The first-order valence-corrected chi connectivity index (χ1v) is 7.65. The average Bonchev–Trinajstić information content (AvgIpc) is 3.09. The molecule has 8 heteroatoms. The van der Waals surface area contributed by atoms with Crippen LogP contribution in [0.25, 0.3) is 11.5 Å². The number of methoxy groups -OCH3 is 1. The summed E-state index contributed by atoms with van der Waals surface area (Å²) in [5.41, 5.74) is 0.624. The van der Waals surface area contributed by atoms with Crippen LogP contribution >= 0.6 is 0 Å². The van der Waals surface area contributed by atoms with Crippen LogP contribution in [0.2, 0.25) is 0 Å². The molecule has 1 amide bonds. The van der Waals surface area contributed by atoms with E-state index in [0.29, 0.717) is 43.2 Å². The van der Waals surface area contributed by atoms with Crippen molar-refractivity contribution in [3.05, 3.63) is 30.3 Å². The van der Waals surface area contributed by atoms with Gasteiger partial charge in [-0.1, -0.05) is 11.2 Å². The van der Waals surface area contributed by atoms with E-state index in [9.17, 15) is 9.59 Å². The number of carbonyl (C=O) groups is 2. The summed E-state index contributed by atoms with van der Waals surface area (Å²) in [5, 5.41) is 3.86. The fourth-order valence-electron chi connectivity index (χ4n) is 2.05. The quantitative estimate of drug-likeness (QED) is 0.675. The molecule has 0 bridgehead atoms. The molecule has 0 fully saturated rings. The summed E-state index contributed by atoms with van der Waals surface area (Å²) in [6.07, 6.45) is 3.14. The molecule has 0 saturated carbocycles. The highest BCUT2D eigenvalue weighted by atomic mass is 16.5. The largest absolute Gasteiger partial charge is 0.469 e. The summed E-state index contributed by atoms with van der Waals surface area (Å²) in [7, 11) is 3.05. The Morgan fingerprint density at radius 2 is 2.12 bits per heavy atom. The first-order valence-electron chi connectivity index (χ1n) is 7.65. The number of nitrogens with zero attached hydrogens (tertiary/aromatic N) is 4. The zero-order chi connectivity index (χ0) is 17.4. The molecule has 2 aromatic heterocycles. The summed E-state index contributed by atoms with van der Waals surface area (Å²) in [6.45, 7) is 0.497. The highest BCUT2D eigenvalue weighted by Gasteiger charge is 2.14. The summed E-state index contributed by atoms with van der Waals surface area (Å²) < 4.78 is 9.70. The Morgan fingerprint density at radius 3 is 2.83 bits per heavy atom. The van der Waals surface area contributed by atoms with Crippen LogP contribution in [0.1, 0.15) is 25.2 Å². The van der Waals surface area contributed by atoms with Gasteiger partial charge >= 0.3 is 5.97 Å². The minimum Gasteiger partial charge on any atom is -0.469 e. The minimum atomic E-state index is -0.274. The number of ether oxygens (including phenoxy) is 1. The molecule has 0 aromatic carbocycles. The van der Waals surface area contributed by atoms with Crippen LogP contribution in [-0.2, 0) is 20.7 Å². The van der Waals surface area contributed by atoms with Crippen molar-refractivity contribution < 1.29 is 18.8 Å². The lowest BCUT2D eigenvalue weighted by Gasteiger charge is -2.16. The van der Waals surface area contributed by atoms with E-state index in [1.807, 2.05) is 6.07 Å². The molecule has 2 rings (SSSR count). The van der Waals surface area contributed by atoms with Crippen molar-refractivity contribution in [2.45, 2.75) is 25.7 Å². The standard InChI is InChI=1S/C16H20N4O4/c1-20(11-5-7-15(22)23-2)14(21)9-8-13-18-16(19-24-13)12-6-3-4-10-17-12/h3-4,6,10H,5,7-9,11H2,1-2H3. The highest BCUT2D eigenvalue weighted by Crippen LogP contribution is 2.13. The first kappa shape index (κ1) is 17.6. The van der Waals surface area contributed by atoms with Gasteiger partial charge in [0.05, 0.1) is 7.11 Å². The number of aromatic nitrogens is 3. The van der Waals surface area contributed by atoms with Gasteiger partial charge < -0.3 is 14.2 Å². The summed E-state index contributed by atoms with van der Waals surface area (Å²) in [6, 6.07) is 5.43. The molecular formula is C16H20N4O4. The van der Waals surface area contributed by atoms with Gasteiger partial charge in [-0.05, 0) is 18.6 Å². The van der Waals surface area contributed by atoms with Gasteiger partial charge in [-0.3, -0.25) is 14.6 Å². The molecule has 0 aliphatic heterocycles. The molecule has 24 heavy (non-hydrogen) atoms. The third-order valence-corrected chi connectivity index (χ3v) is 3.44. The summed E-state index contributed by atoms with van der Waals surface area (Å²) in [4.78, 5) is 33.0. The van der Waals surface area contributed by atoms with E-state index >= 15 is 0 Å². The van der Waals surface area contributed by atoms with E-state index in [1.54, 1.807) is 30.3 Å². The van der Waals surface area contributed by atoms with E-state index in [2.05, 4.69) is 19.9 Å². The second-order valence-corrected chi connectivity index (χ2v) is 5.22. The van der Waals surface area contributed by atoms with Gasteiger partial charge in [-0.15, -0.1) is 0 Å². The maximum Gasteiger partial charge on any atom is 0.305 e. The predicted octanol–water partition coefficient (Wildman–Crippen LogP) is 1.48. The van der Waals surface area contributed by atoms with Crippen LogP contribution < -0.4 is 0 Å². The summed E-state index contributed by atoms with van der Waals surface area (Å²) >= 11 is 0. The van der Waals surface area contributed by atoms with Crippen LogP contribution in [0.5, 0.6) is 0 Å². The van der Waals surface area contributed by atoms with Crippen LogP contribution in [0.3, 0.4) is 0 Å². The van der Waals surface area contributed by atoms with Crippen LogP contribution in [0.4, 0.5) is 0 Å². The third-order valence-electron chi connectivity index (χ3n) is 3.44. The molecule has 0 N–H and O–H groups in total. The smallest absolute Gasteiger partial charge is 0.305 e. The third kappa shape index (κ3) is 5.15. The molecule has 0 radical (unpaired) electrons. The van der Waals surface area contributed by atoms with Gasteiger partial charge in [0.2, 0.25) is 17.6 Å². The first-order chi connectivity index (χ1) is 11.6. The molecule has 2 aromatic rings. The second-order valence-electron chi connectivity index (χ2n) is 5.22. The van der Waals surface area contributed by atoms with Crippen molar-refractivity contribution in [3.8, 4) is 11.5 Å². The monoisotopic (exact) mass is 332 g/mol. The predicted molar refractivity (Wildman–Crippen MR) is 84.7 cm³/mol. The molecule has 0 spiro atoms. The molecule has 0 aliphatic carbocycles. The Bertz CT molecular complexity index is 672. The van der Waals surface area contributed by atoms with E-state index < -0.39 is 0 Å². The molecule has 0 saturated heterocycles. The van der Waals surface area contributed by atoms with Gasteiger partial charge in [-0.25, -0.2) is 0 Å². The van der Waals surface area contributed by atoms with Crippen molar-refractivity contribution >= 4 is 11.9 Å². The molecular weight excluding hydrogens is 312 g/mol. The molecule has 0 unspecified atom stereocenters. The average molecular weight is 332 g/mol. The van der Waals surface area contributed by atoms with E-state index in [-0.39, 0.29) is 18.3 Å². The zero-order valence-corrected chi connectivity index (χ0v) is 13.8. The molecule has 0 atom stereocenters. The van der Waals surface area contributed by atoms with Crippen molar-refractivity contribution in [2.75, 3.05) is 20.7 Å². The SMILES string of the molecule is COC(=O)CCCN(C)C(=O)CCc1nc(-c2ccccn2)no1. The number of aryl methyl sites for hydroxylation is 1. The van der Waals surface area contributed by atoms with Gasteiger partial charge in [-0.2, -0.15) is 4.98 Å². The number of hydrogen-bond acceptors (Lipinski definition) is 7. The normalized spacial score (nSPS) is 10.4. The van der Waals surface area contributed by atoms with Gasteiger partial charge in [0.1, 0.15) is 5.69 Å². The van der Waals surface area contributed by atoms with Gasteiger partial charge in [0.15, 0.2) is 0 Å². The molecule has 0 aliphatic rings. The lowest BCUT2D eigenvalue weighted by molar-refractivity contribution is -0.141. The molecule has 128 valence electrons. The Labute approximate surface area is 139 Å². The van der Waals surface area contributed by atoms with Crippen molar-refractivity contribution in [3.63, 3.8) is 0 Å². The van der Waals surface area contributed by atoms with E-state index in [1.165, 1.54) is 7.11 Å². The zero-order valence-electron chi connectivity index (χ0n) is 13.8. The fraction of sp³-hybridized carbons (Fsp3) is 0.438. The Balaban J connectivity index is 1.77. The highest BCUT2D eigenvalue weighted by molar-refractivity contribution is 5.76. The van der Waals surface area contributed by atoms with Gasteiger partial charge in [0, 0.05) is 39.1 Å². The lowest BCUT2D eigenvalue weighted by Crippen LogP contribution is -2.28. The van der Waals surface area contributed by atoms with Crippen molar-refractivity contribution in [2.24, 2.45) is 0 Å². The molecule has 2 heterocycles. The van der Waals surface area contributed by atoms with Gasteiger partial charge in [0.25, 0.3) is 0 Å². The van der Waals surface area contributed by atoms with Crippen molar-refractivity contribution in [1.29, 1.82) is 0 Å². The Morgan fingerprint density at radius 1 is 1.29 bits per heavy atom.